The minimum atomic E-state index is -0.613. The quantitative estimate of drug-likeness (QED) is 0.684. The fraction of sp³-hybridized carbons (Fsp3) is 0.0909. The number of halogens is 1. The lowest BCUT2D eigenvalue weighted by Crippen LogP contribution is -2.07. The highest BCUT2D eigenvalue weighted by atomic mass is 35.5. The van der Waals surface area contributed by atoms with Crippen molar-refractivity contribution >= 4 is 17.3 Å². The van der Waals surface area contributed by atoms with E-state index in [-0.39, 0.29) is 28.1 Å². The van der Waals surface area contributed by atoms with Gasteiger partial charge in [0.05, 0.1) is 24.4 Å². The van der Waals surface area contributed by atoms with E-state index in [1.54, 1.807) is 0 Å². The van der Waals surface area contributed by atoms with E-state index in [0.717, 1.165) is 12.4 Å². The van der Waals surface area contributed by atoms with Crippen LogP contribution in [0.1, 0.15) is 0 Å². The summed E-state index contributed by atoms with van der Waals surface area (Å²) in [5.41, 5.74) is -0.842. The van der Waals surface area contributed by atoms with Crippen LogP contribution in [-0.2, 0) is 0 Å². The van der Waals surface area contributed by atoms with Gasteiger partial charge in [-0.1, -0.05) is 11.6 Å². The molecule has 0 aliphatic carbocycles. The Kier molecular flexibility index (Phi) is 3.85. The van der Waals surface area contributed by atoms with Crippen molar-refractivity contribution in [2.75, 3.05) is 7.11 Å². The number of benzene rings is 1. The molecule has 0 aliphatic heterocycles. The van der Waals surface area contributed by atoms with Crippen LogP contribution in [0.5, 0.6) is 17.4 Å². The Bertz CT molecular complexity index is 715. The maximum atomic E-state index is 11.3. The molecule has 2 rings (SSSR count). The number of nitrogens with one attached hydrogen (secondary N) is 1. The molecule has 0 radical (unpaired) electrons. The summed E-state index contributed by atoms with van der Waals surface area (Å²) in [7, 11) is 1.32. The Labute approximate surface area is 117 Å². The van der Waals surface area contributed by atoms with Crippen LogP contribution in [0.4, 0.5) is 5.69 Å². The van der Waals surface area contributed by atoms with Crippen LogP contribution >= 0.6 is 11.6 Å². The summed E-state index contributed by atoms with van der Waals surface area (Å²) >= 11 is 5.71. The number of methoxy groups -OCH3 is 1. The Morgan fingerprint density at radius 1 is 1.45 bits per heavy atom. The highest BCUT2D eigenvalue weighted by Gasteiger charge is 2.17. The summed E-state index contributed by atoms with van der Waals surface area (Å²) in [4.78, 5) is 27.5. The second-order valence-electron chi connectivity index (χ2n) is 3.54. The predicted octanol–water partition coefficient (Wildman–Crippen LogP) is 2.13. The van der Waals surface area contributed by atoms with Gasteiger partial charge in [0.1, 0.15) is 5.75 Å². The van der Waals surface area contributed by atoms with Crippen molar-refractivity contribution in [2.45, 2.75) is 0 Å². The first-order chi connectivity index (χ1) is 9.52. The number of ether oxygens (including phenoxy) is 2. The van der Waals surface area contributed by atoms with Crippen molar-refractivity contribution in [1.82, 2.24) is 9.97 Å². The Morgan fingerprint density at radius 2 is 2.20 bits per heavy atom. The zero-order valence-electron chi connectivity index (χ0n) is 10.1. The van der Waals surface area contributed by atoms with Gasteiger partial charge in [0, 0.05) is 0 Å². The lowest BCUT2D eigenvalue weighted by atomic mass is 10.3. The number of rotatable bonds is 4. The van der Waals surface area contributed by atoms with Crippen molar-refractivity contribution < 1.29 is 14.4 Å². The third kappa shape index (κ3) is 2.69. The average molecular weight is 298 g/mol. The molecule has 0 spiro atoms. The SMILES string of the molecule is COc1ccc(Oc2nc[nH]c(=O)c2Cl)cc1[N+](=O)[O-]. The van der Waals surface area contributed by atoms with E-state index < -0.39 is 10.5 Å². The summed E-state index contributed by atoms with van der Waals surface area (Å²) in [5.74, 6) is 0.0553. The van der Waals surface area contributed by atoms with Gasteiger partial charge >= 0.3 is 5.69 Å². The second-order valence-corrected chi connectivity index (χ2v) is 3.92. The van der Waals surface area contributed by atoms with Gasteiger partial charge in [-0.15, -0.1) is 0 Å². The van der Waals surface area contributed by atoms with Crippen LogP contribution in [0.25, 0.3) is 0 Å². The summed E-state index contributed by atoms with van der Waals surface area (Å²) in [6.07, 6.45) is 1.11. The Morgan fingerprint density at radius 3 is 2.85 bits per heavy atom. The van der Waals surface area contributed by atoms with E-state index >= 15 is 0 Å². The monoisotopic (exact) mass is 297 g/mol. The lowest BCUT2D eigenvalue weighted by Gasteiger charge is -2.07. The maximum Gasteiger partial charge on any atom is 0.314 e. The number of nitro benzene ring substituents is 1. The standard InChI is InChI=1S/C11H8ClN3O5/c1-19-8-3-2-6(4-7(8)15(17)18)20-11-9(12)10(16)13-5-14-11/h2-5H,1H3,(H,13,14,16). The van der Waals surface area contributed by atoms with E-state index in [2.05, 4.69) is 9.97 Å². The summed E-state index contributed by atoms with van der Waals surface area (Å²) in [5, 5.41) is 10.6. The highest BCUT2D eigenvalue weighted by molar-refractivity contribution is 6.31. The van der Waals surface area contributed by atoms with E-state index in [9.17, 15) is 14.9 Å². The molecule has 0 saturated carbocycles. The van der Waals surface area contributed by atoms with Crippen LogP contribution in [0.2, 0.25) is 5.02 Å². The smallest absolute Gasteiger partial charge is 0.314 e. The fourth-order valence-electron chi connectivity index (χ4n) is 1.43. The fourth-order valence-corrected chi connectivity index (χ4v) is 1.57. The number of aromatic nitrogens is 2. The molecule has 0 atom stereocenters. The molecule has 0 fully saturated rings. The third-order valence-electron chi connectivity index (χ3n) is 2.33. The molecule has 0 unspecified atom stereocenters. The lowest BCUT2D eigenvalue weighted by molar-refractivity contribution is -0.385. The van der Waals surface area contributed by atoms with Crippen molar-refractivity contribution in [3.63, 3.8) is 0 Å². The van der Waals surface area contributed by atoms with Gasteiger partial charge in [0.2, 0.25) is 5.88 Å². The summed E-state index contributed by atoms with van der Waals surface area (Å²) in [6, 6.07) is 3.96. The van der Waals surface area contributed by atoms with Crippen LogP contribution < -0.4 is 15.0 Å². The molecule has 0 saturated heterocycles. The van der Waals surface area contributed by atoms with Crippen molar-refractivity contribution in [3.05, 3.63) is 50.0 Å². The molecule has 1 aromatic carbocycles. The first-order valence-electron chi connectivity index (χ1n) is 5.26. The Balaban J connectivity index is 2.39. The molecular weight excluding hydrogens is 290 g/mol. The van der Waals surface area contributed by atoms with E-state index in [1.165, 1.54) is 19.2 Å². The van der Waals surface area contributed by atoms with Gasteiger partial charge in [-0.2, -0.15) is 0 Å². The molecule has 0 bridgehead atoms. The van der Waals surface area contributed by atoms with E-state index in [4.69, 9.17) is 21.1 Å². The molecule has 0 aliphatic rings. The number of H-pyrrole nitrogens is 1. The highest BCUT2D eigenvalue weighted by Crippen LogP contribution is 2.33. The first-order valence-corrected chi connectivity index (χ1v) is 5.64. The summed E-state index contributed by atoms with van der Waals surface area (Å²) in [6.45, 7) is 0. The van der Waals surface area contributed by atoms with Crippen LogP contribution in [0.3, 0.4) is 0 Å². The molecule has 104 valence electrons. The zero-order chi connectivity index (χ0) is 14.7. The second kappa shape index (κ2) is 5.57. The number of nitrogens with zero attached hydrogens (tertiary/aromatic N) is 2. The molecule has 20 heavy (non-hydrogen) atoms. The molecule has 1 aromatic heterocycles. The molecule has 1 N–H and O–H groups in total. The van der Waals surface area contributed by atoms with Crippen molar-refractivity contribution in [3.8, 4) is 17.4 Å². The zero-order valence-corrected chi connectivity index (χ0v) is 10.9. The van der Waals surface area contributed by atoms with Gasteiger partial charge in [0.15, 0.2) is 10.8 Å². The van der Waals surface area contributed by atoms with Crippen LogP contribution in [0, 0.1) is 10.1 Å². The van der Waals surface area contributed by atoms with Gasteiger partial charge in [0.25, 0.3) is 5.56 Å². The molecule has 9 heteroatoms. The Hall–Kier alpha value is -2.61. The summed E-state index contributed by atoms with van der Waals surface area (Å²) < 4.78 is 10.1. The molecule has 1 heterocycles. The largest absolute Gasteiger partial charge is 0.490 e. The minimum absolute atomic E-state index is 0.0901. The first kappa shape index (κ1) is 13.8. The number of aromatic amines is 1. The number of nitro groups is 1. The van der Waals surface area contributed by atoms with Crippen molar-refractivity contribution in [2.24, 2.45) is 0 Å². The van der Waals surface area contributed by atoms with Gasteiger partial charge in [-0.25, -0.2) is 4.98 Å². The topological polar surface area (TPSA) is 107 Å². The van der Waals surface area contributed by atoms with Gasteiger partial charge < -0.3 is 14.5 Å². The van der Waals surface area contributed by atoms with E-state index in [0.29, 0.717) is 0 Å². The predicted molar refractivity (Wildman–Crippen MR) is 69.6 cm³/mol. The average Bonchev–Trinajstić information content (AvgIpc) is 2.43. The molecular formula is C11H8ClN3O5. The minimum Gasteiger partial charge on any atom is -0.490 e. The van der Waals surface area contributed by atoms with Gasteiger partial charge in [-0.05, 0) is 12.1 Å². The van der Waals surface area contributed by atoms with Crippen molar-refractivity contribution in [1.29, 1.82) is 0 Å². The third-order valence-corrected chi connectivity index (χ3v) is 2.66. The van der Waals surface area contributed by atoms with Gasteiger partial charge in [-0.3, -0.25) is 14.9 Å². The van der Waals surface area contributed by atoms with Crippen LogP contribution in [-0.4, -0.2) is 22.0 Å². The normalized spacial score (nSPS) is 10.1. The maximum absolute atomic E-state index is 11.3. The van der Waals surface area contributed by atoms with E-state index in [1.807, 2.05) is 0 Å². The van der Waals surface area contributed by atoms with Crippen LogP contribution in [0.15, 0.2) is 29.3 Å². The molecule has 0 amide bonds. The number of hydrogen-bond acceptors (Lipinski definition) is 6. The number of hydrogen-bond donors (Lipinski definition) is 1. The molecule has 2 aromatic rings. The molecule has 8 nitrogen and oxygen atoms in total.